The van der Waals surface area contributed by atoms with Crippen molar-refractivity contribution in [3.63, 3.8) is 0 Å². The van der Waals surface area contributed by atoms with E-state index in [1.165, 1.54) is 0 Å². The first-order valence-corrected chi connectivity index (χ1v) is 9.65. The van der Waals surface area contributed by atoms with E-state index >= 15 is 0 Å². The minimum atomic E-state index is -0.0776. The largest absolute Gasteiger partial charge is 0.487 e. The molecule has 6 heteroatoms. The van der Waals surface area contributed by atoms with Gasteiger partial charge in [0.05, 0.1) is 25.4 Å². The second kappa shape index (κ2) is 10.8. The Labute approximate surface area is 166 Å². The molecule has 2 unspecified atom stereocenters. The van der Waals surface area contributed by atoms with Crippen LogP contribution in [-0.2, 0) is 9.47 Å². The maximum atomic E-state index is 5.87. The Balaban J connectivity index is 1.64. The van der Waals surface area contributed by atoms with Crippen LogP contribution in [0.15, 0.2) is 48.5 Å². The lowest BCUT2D eigenvalue weighted by Gasteiger charge is -2.19. The van der Waals surface area contributed by atoms with Gasteiger partial charge in [0.15, 0.2) is 23.0 Å². The third-order valence-electron chi connectivity index (χ3n) is 4.13. The standard InChI is InChI=1S/C22H28O6/c1-17-15-27-21-9-5-3-7-19(21)26-14-12-24-18(2)16-28-22-10-6-4-8-20(22)25-13-11-23-17/h3-10,17-18H,11-16H2,1-2H3. The van der Waals surface area contributed by atoms with Crippen LogP contribution < -0.4 is 18.9 Å². The van der Waals surface area contributed by atoms with Gasteiger partial charge in [0, 0.05) is 0 Å². The number of hydrogen-bond acceptors (Lipinski definition) is 6. The van der Waals surface area contributed by atoms with Gasteiger partial charge in [-0.1, -0.05) is 24.3 Å². The van der Waals surface area contributed by atoms with Gasteiger partial charge in [-0.05, 0) is 38.1 Å². The minimum Gasteiger partial charge on any atom is -0.487 e. The van der Waals surface area contributed by atoms with Gasteiger partial charge in [0.25, 0.3) is 0 Å². The van der Waals surface area contributed by atoms with Gasteiger partial charge in [-0.3, -0.25) is 0 Å². The predicted octanol–water partition coefficient (Wildman–Crippen LogP) is 3.73. The molecule has 0 amide bonds. The van der Waals surface area contributed by atoms with Gasteiger partial charge < -0.3 is 28.4 Å². The Kier molecular flexibility index (Phi) is 7.82. The van der Waals surface area contributed by atoms with Crippen molar-refractivity contribution in [1.82, 2.24) is 0 Å². The van der Waals surface area contributed by atoms with E-state index in [1.54, 1.807) is 0 Å². The molecule has 3 rings (SSSR count). The van der Waals surface area contributed by atoms with E-state index in [0.29, 0.717) is 62.6 Å². The first-order chi connectivity index (χ1) is 13.7. The Morgan fingerprint density at radius 2 is 0.893 bits per heavy atom. The molecule has 152 valence electrons. The van der Waals surface area contributed by atoms with E-state index in [9.17, 15) is 0 Å². The van der Waals surface area contributed by atoms with Gasteiger partial charge >= 0.3 is 0 Å². The summed E-state index contributed by atoms with van der Waals surface area (Å²) in [5, 5.41) is 0. The highest BCUT2D eigenvalue weighted by atomic mass is 16.6. The van der Waals surface area contributed by atoms with Crippen molar-refractivity contribution in [3.8, 4) is 23.0 Å². The molecular formula is C22H28O6. The normalized spacial score (nSPS) is 21.9. The zero-order valence-corrected chi connectivity index (χ0v) is 16.5. The van der Waals surface area contributed by atoms with Crippen LogP contribution >= 0.6 is 0 Å². The number of benzene rings is 2. The molecule has 0 N–H and O–H groups in total. The molecule has 0 saturated carbocycles. The maximum Gasteiger partial charge on any atom is 0.161 e. The predicted molar refractivity (Wildman–Crippen MR) is 106 cm³/mol. The second-order valence-electron chi connectivity index (χ2n) is 6.58. The second-order valence-corrected chi connectivity index (χ2v) is 6.58. The molecule has 1 aliphatic heterocycles. The SMILES string of the molecule is CC1COc2ccccc2OCCOC(C)COc2ccccc2OCCO1. The third-order valence-corrected chi connectivity index (χ3v) is 4.13. The lowest BCUT2D eigenvalue weighted by molar-refractivity contribution is 0.00805. The average Bonchev–Trinajstić information content (AvgIpc) is 2.72. The van der Waals surface area contributed by atoms with Crippen molar-refractivity contribution in [2.45, 2.75) is 26.1 Å². The van der Waals surface area contributed by atoms with Crippen molar-refractivity contribution in [2.75, 3.05) is 39.6 Å². The van der Waals surface area contributed by atoms with E-state index < -0.39 is 0 Å². The molecule has 0 fully saturated rings. The third kappa shape index (κ3) is 6.32. The van der Waals surface area contributed by atoms with Gasteiger partial charge in [-0.2, -0.15) is 0 Å². The topological polar surface area (TPSA) is 55.4 Å². The minimum absolute atomic E-state index is 0.0776. The zero-order chi connectivity index (χ0) is 19.6. The Morgan fingerprint density at radius 1 is 0.536 bits per heavy atom. The Hall–Kier alpha value is -2.44. The number of rotatable bonds is 0. The number of ether oxygens (including phenoxy) is 6. The number of para-hydroxylation sites is 4. The van der Waals surface area contributed by atoms with Crippen LogP contribution in [0.25, 0.3) is 0 Å². The molecule has 0 saturated heterocycles. The van der Waals surface area contributed by atoms with Crippen LogP contribution in [0.4, 0.5) is 0 Å². The summed E-state index contributed by atoms with van der Waals surface area (Å²) < 4.78 is 35.0. The van der Waals surface area contributed by atoms with Gasteiger partial charge in [-0.25, -0.2) is 0 Å². The molecule has 0 bridgehead atoms. The Morgan fingerprint density at radius 3 is 1.29 bits per heavy atom. The first kappa shape index (κ1) is 20.3. The summed E-state index contributed by atoms with van der Waals surface area (Å²) >= 11 is 0. The van der Waals surface area contributed by atoms with Crippen molar-refractivity contribution in [1.29, 1.82) is 0 Å². The van der Waals surface area contributed by atoms with E-state index in [1.807, 2.05) is 62.4 Å². The summed E-state index contributed by atoms with van der Waals surface area (Å²) in [6.07, 6.45) is -0.155. The molecule has 1 aliphatic rings. The van der Waals surface area contributed by atoms with Crippen molar-refractivity contribution in [3.05, 3.63) is 48.5 Å². The highest BCUT2D eigenvalue weighted by Crippen LogP contribution is 2.28. The highest BCUT2D eigenvalue weighted by molar-refractivity contribution is 5.40. The molecule has 0 aromatic heterocycles. The fourth-order valence-electron chi connectivity index (χ4n) is 2.69. The van der Waals surface area contributed by atoms with E-state index in [2.05, 4.69) is 0 Å². The number of hydrogen-bond donors (Lipinski definition) is 0. The molecule has 0 radical (unpaired) electrons. The van der Waals surface area contributed by atoms with Crippen LogP contribution in [0.1, 0.15) is 13.8 Å². The lowest BCUT2D eigenvalue weighted by Crippen LogP contribution is -2.23. The molecular weight excluding hydrogens is 360 g/mol. The van der Waals surface area contributed by atoms with E-state index in [4.69, 9.17) is 28.4 Å². The lowest BCUT2D eigenvalue weighted by atomic mass is 10.3. The molecule has 2 aromatic carbocycles. The molecule has 1 heterocycles. The molecule has 6 nitrogen and oxygen atoms in total. The summed E-state index contributed by atoms with van der Waals surface area (Å²) in [4.78, 5) is 0. The summed E-state index contributed by atoms with van der Waals surface area (Å²) in [5.74, 6) is 2.78. The Bertz CT molecular complexity index is 658. The molecule has 2 aromatic rings. The number of fused-ring (bicyclic) bond motifs is 2. The van der Waals surface area contributed by atoms with Crippen LogP contribution in [0, 0.1) is 0 Å². The van der Waals surface area contributed by atoms with Crippen LogP contribution in [0.3, 0.4) is 0 Å². The molecule has 2 atom stereocenters. The van der Waals surface area contributed by atoms with Crippen LogP contribution in [0.5, 0.6) is 23.0 Å². The maximum absolute atomic E-state index is 5.87. The van der Waals surface area contributed by atoms with E-state index in [0.717, 1.165) is 0 Å². The summed E-state index contributed by atoms with van der Waals surface area (Å²) in [7, 11) is 0. The van der Waals surface area contributed by atoms with E-state index in [-0.39, 0.29) is 12.2 Å². The summed E-state index contributed by atoms with van der Waals surface area (Å²) in [6.45, 7) is 6.54. The van der Waals surface area contributed by atoms with Crippen molar-refractivity contribution >= 4 is 0 Å². The first-order valence-electron chi connectivity index (χ1n) is 9.65. The fourth-order valence-corrected chi connectivity index (χ4v) is 2.69. The smallest absolute Gasteiger partial charge is 0.161 e. The van der Waals surface area contributed by atoms with Gasteiger partial charge in [0.1, 0.15) is 26.4 Å². The quantitative estimate of drug-likeness (QED) is 0.686. The fraction of sp³-hybridized carbons (Fsp3) is 0.455. The average molecular weight is 388 g/mol. The van der Waals surface area contributed by atoms with Gasteiger partial charge in [0.2, 0.25) is 0 Å². The zero-order valence-electron chi connectivity index (χ0n) is 16.5. The molecule has 0 spiro atoms. The highest BCUT2D eigenvalue weighted by Gasteiger charge is 2.11. The van der Waals surface area contributed by atoms with Gasteiger partial charge in [-0.15, -0.1) is 0 Å². The van der Waals surface area contributed by atoms with Crippen molar-refractivity contribution < 1.29 is 28.4 Å². The monoisotopic (exact) mass is 388 g/mol. The summed E-state index contributed by atoms with van der Waals surface area (Å²) in [5.41, 5.74) is 0. The molecule has 0 aliphatic carbocycles. The van der Waals surface area contributed by atoms with Crippen LogP contribution in [0.2, 0.25) is 0 Å². The summed E-state index contributed by atoms with van der Waals surface area (Å²) in [6, 6.07) is 15.2. The molecule has 28 heavy (non-hydrogen) atoms. The van der Waals surface area contributed by atoms with Crippen LogP contribution in [-0.4, -0.2) is 51.8 Å². The van der Waals surface area contributed by atoms with Crippen molar-refractivity contribution in [2.24, 2.45) is 0 Å².